The van der Waals surface area contributed by atoms with Gasteiger partial charge in [0.15, 0.2) is 11.6 Å². The number of nitrogen functional groups attached to an aromatic ring is 1. The molecule has 0 radical (unpaired) electrons. The Morgan fingerprint density at radius 1 is 1.23 bits per heavy atom. The van der Waals surface area contributed by atoms with Crippen molar-refractivity contribution in [2.75, 3.05) is 43.5 Å². The quantitative estimate of drug-likeness (QED) is 0.390. The summed E-state index contributed by atoms with van der Waals surface area (Å²) in [5.41, 5.74) is 7.82. The van der Waals surface area contributed by atoms with Crippen molar-refractivity contribution < 1.29 is 14.3 Å². The summed E-state index contributed by atoms with van der Waals surface area (Å²) >= 11 is 0. The summed E-state index contributed by atoms with van der Waals surface area (Å²) in [4.78, 5) is 27.8. The summed E-state index contributed by atoms with van der Waals surface area (Å²) in [5, 5.41) is 19.9. The molecule has 0 unspecified atom stereocenters. The molecule has 1 saturated carbocycles. The van der Waals surface area contributed by atoms with Crippen molar-refractivity contribution in [2.45, 2.75) is 26.2 Å². The second-order valence-corrected chi connectivity index (χ2v) is 9.92. The molecule has 1 amide bonds. The van der Waals surface area contributed by atoms with Crippen LogP contribution in [-0.2, 0) is 7.05 Å². The number of anilines is 2. The monoisotopic (exact) mass is 532 g/mol. The number of nitrogens with zero attached hydrogens (tertiary/aromatic N) is 8. The van der Waals surface area contributed by atoms with E-state index >= 15 is 0 Å². The van der Waals surface area contributed by atoms with Crippen LogP contribution < -0.4 is 25.4 Å². The number of nitrogens with two attached hydrogens (primary N) is 1. The van der Waals surface area contributed by atoms with Gasteiger partial charge in [-0.05, 0) is 38.2 Å². The highest BCUT2D eigenvalue weighted by molar-refractivity contribution is 5.93. The molecular weight excluding hydrogens is 500 g/mol. The number of rotatable bonds is 10. The average molecular weight is 533 g/mol. The van der Waals surface area contributed by atoms with Crippen LogP contribution >= 0.6 is 0 Å². The van der Waals surface area contributed by atoms with Gasteiger partial charge in [-0.1, -0.05) is 5.21 Å². The van der Waals surface area contributed by atoms with Gasteiger partial charge in [-0.25, -0.2) is 4.98 Å². The van der Waals surface area contributed by atoms with Gasteiger partial charge in [0.2, 0.25) is 0 Å². The normalized spacial score (nSPS) is 18.8. The Hall–Kier alpha value is -4.47. The molecule has 0 bridgehead atoms. The number of carbonyl (C=O) groups excluding carboxylic acids is 1. The summed E-state index contributed by atoms with van der Waals surface area (Å²) < 4.78 is 13.5. The van der Waals surface area contributed by atoms with E-state index in [0.717, 1.165) is 37.9 Å². The Balaban J connectivity index is 1.20. The van der Waals surface area contributed by atoms with E-state index in [1.807, 2.05) is 19.2 Å². The first-order chi connectivity index (χ1) is 18.9. The first-order valence-corrected chi connectivity index (χ1v) is 13.1. The topological polar surface area (TPSA) is 170 Å². The molecule has 1 aliphatic carbocycles. The predicted molar refractivity (Wildman–Crippen MR) is 142 cm³/mol. The van der Waals surface area contributed by atoms with Crippen LogP contribution in [0, 0.1) is 29.1 Å². The van der Waals surface area contributed by atoms with E-state index < -0.39 is 0 Å². The second kappa shape index (κ2) is 11.5. The number of aryl methyl sites for hydroxylation is 1. The van der Waals surface area contributed by atoms with Crippen LogP contribution in [0.2, 0.25) is 0 Å². The lowest BCUT2D eigenvalue weighted by Gasteiger charge is -2.32. The first-order valence-electron chi connectivity index (χ1n) is 13.1. The fourth-order valence-electron chi connectivity index (χ4n) is 4.51. The minimum Gasteiger partial charge on any atom is -0.489 e. The Bertz CT molecular complexity index is 1360. The van der Waals surface area contributed by atoms with Gasteiger partial charge in [0, 0.05) is 50.4 Å². The van der Waals surface area contributed by atoms with Crippen LogP contribution in [0.25, 0.3) is 11.3 Å². The van der Waals surface area contributed by atoms with Crippen molar-refractivity contribution in [1.82, 2.24) is 35.3 Å². The zero-order valence-electron chi connectivity index (χ0n) is 22.1. The van der Waals surface area contributed by atoms with Crippen LogP contribution in [0.15, 0.2) is 24.5 Å². The van der Waals surface area contributed by atoms with Gasteiger partial charge in [-0.15, -0.1) is 5.10 Å². The lowest BCUT2D eigenvalue weighted by molar-refractivity contribution is 0.0949. The largest absolute Gasteiger partial charge is 0.489 e. The van der Waals surface area contributed by atoms with Gasteiger partial charge in [-0.2, -0.15) is 15.2 Å². The highest BCUT2D eigenvalue weighted by atomic mass is 16.5. The highest BCUT2D eigenvalue weighted by Gasteiger charge is 2.38. The summed E-state index contributed by atoms with van der Waals surface area (Å²) in [5.74, 6) is 1.77. The molecule has 2 atom stereocenters. The van der Waals surface area contributed by atoms with Crippen molar-refractivity contribution in [1.29, 1.82) is 5.26 Å². The molecule has 13 heteroatoms. The van der Waals surface area contributed by atoms with Crippen molar-refractivity contribution in [2.24, 2.45) is 24.8 Å². The maximum atomic E-state index is 12.5. The number of amides is 1. The van der Waals surface area contributed by atoms with Crippen molar-refractivity contribution in [3.63, 3.8) is 0 Å². The lowest BCUT2D eigenvalue weighted by Crippen LogP contribution is -2.36. The average Bonchev–Trinajstić information content (AvgIpc) is 3.59. The summed E-state index contributed by atoms with van der Waals surface area (Å²) in [7, 11) is 1.81. The molecule has 1 saturated heterocycles. The number of aromatic nitrogens is 6. The summed E-state index contributed by atoms with van der Waals surface area (Å²) in [6.45, 7) is 4.71. The molecule has 2 fully saturated rings. The Kier molecular flexibility index (Phi) is 7.72. The van der Waals surface area contributed by atoms with Crippen LogP contribution in [0.5, 0.6) is 11.8 Å². The number of carbonyl (C=O) groups is 1. The molecule has 3 aromatic rings. The third-order valence-corrected chi connectivity index (χ3v) is 6.97. The van der Waals surface area contributed by atoms with Crippen LogP contribution in [-0.4, -0.2) is 68.7 Å². The molecule has 3 aromatic heterocycles. The van der Waals surface area contributed by atoms with E-state index in [2.05, 4.69) is 41.5 Å². The second-order valence-electron chi connectivity index (χ2n) is 9.92. The zero-order valence-corrected chi connectivity index (χ0v) is 22.1. The minimum absolute atomic E-state index is 0.0258. The zero-order chi connectivity index (χ0) is 27.4. The molecule has 1 aliphatic heterocycles. The summed E-state index contributed by atoms with van der Waals surface area (Å²) in [6, 6.07) is 5.96. The molecule has 4 heterocycles. The van der Waals surface area contributed by atoms with Gasteiger partial charge >= 0.3 is 6.01 Å². The van der Waals surface area contributed by atoms with E-state index in [4.69, 9.17) is 20.5 Å². The summed E-state index contributed by atoms with van der Waals surface area (Å²) in [6.07, 6.45) is 6.04. The molecule has 3 N–H and O–H groups in total. The smallest absolute Gasteiger partial charge is 0.319 e. The Labute approximate surface area is 226 Å². The van der Waals surface area contributed by atoms with Crippen molar-refractivity contribution in [3.8, 4) is 29.1 Å². The maximum absolute atomic E-state index is 12.5. The number of nitrogens with one attached hydrogen (secondary N) is 1. The van der Waals surface area contributed by atoms with Gasteiger partial charge < -0.3 is 25.4 Å². The van der Waals surface area contributed by atoms with Gasteiger partial charge in [0.1, 0.15) is 17.2 Å². The Morgan fingerprint density at radius 3 is 2.74 bits per heavy atom. The number of nitriles is 1. The van der Waals surface area contributed by atoms with Gasteiger partial charge in [0.05, 0.1) is 31.4 Å². The molecule has 13 nitrogen and oxygen atoms in total. The van der Waals surface area contributed by atoms with Crippen molar-refractivity contribution >= 4 is 17.5 Å². The van der Waals surface area contributed by atoms with Crippen LogP contribution in [0.3, 0.4) is 0 Å². The SMILES string of the molecule is CCNC(=O)c1cc(N2CCC(COc3cc(-c4cn(C)nn4)cnc3N)CC2)nc(OC[C@H]2C[C@H]2C#N)n1. The molecule has 0 aromatic carbocycles. The first kappa shape index (κ1) is 26.1. The maximum Gasteiger partial charge on any atom is 0.319 e. The third-order valence-electron chi connectivity index (χ3n) is 6.97. The fourth-order valence-corrected chi connectivity index (χ4v) is 4.51. The van der Waals surface area contributed by atoms with Crippen LogP contribution in [0.1, 0.15) is 36.7 Å². The Morgan fingerprint density at radius 2 is 2.05 bits per heavy atom. The molecule has 5 rings (SSSR count). The number of hydrogen-bond acceptors (Lipinski definition) is 11. The van der Waals surface area contributed by atoms with E-state index in [-0.39, 0.29) is 29.4 Å². The standard InChI is InChI=1S/C26H32N10O3/c1-3-29-25(37)20-10-23(32-26(31-20)39-15-19-8-17(19)11-27)36-6-4-16(5-7-36)14-38-22-9-18(12-30-24(22)28)21-13-35(2)34-33-21/h9-10,12-13,16-17,19H,3-8,14-15H2,1-2H3,(H2,28,30)(H,29,37)/t17-,19+/m0/s1. The highest BCUT2D eigenvalue weighted by Crippen LogP contribution is 2.37. The van der Waals surface area contributed by atoms with Crippen molar-refractivity contribution in [3.05, 3.63) is 30.2 Å². The van der Waals surface area contributed by atoms with E-state index in [1.54, 1.807) is 24.0 Å². The van der Waals surface area contributed by atoms with Crippen LogP contribution in [0.4, 0.5) is 11.6 Å². The van der Waals surface area contributed by atoms with E-state index in [1.165, 1.54) is 0 Å². The number of piperidine rings is 1. The molecular formula is C26H32N10O3. The molecule has 0 spiro atoms. The molecule has 2 aliphatic rings. The van der Waals surface area contributed by atoms with E-state index in [0.29, 0.717) is 48.8 Å². The molecule has 39 heavy (non-hydrogen) atoms. The molecule has 204 valence electrons. The predicted octanol–water partition coefficient (Wildman–Crippen LogP) is 1.83. The van der Waals surface area contributed by atoms with E-state index in [9.17, 15) is 4.79 Å². The van der Waals surface area contributed by atoms with Gasteiger partial charge in [0.25, 0.3) is 5.91 Å². The number of hydrogen-bond donors (Lipinski definition) is 2. The number of ether oxygens (including phenoxy) is 2. The lowest BCUT2D eigenvalue weighted by atomic mass is 9.98. The fraction of sp³-hybridized carbons (Fsp3) is 0.500. The third kappa shape index (κ3) is 6.34. The number of pyridine rings is 1. The minimum atomic E-state index is -0.273. The van der Waals surface area contributed by atoms with Gasteiger partial charge in [-0.3, -0.25) is 9.48 Å².